The third-order valence-electron chi connectivity index (χ3n) is 4.22. The summed E-state index contributed by atoms with van der Waals surface area (Å²) in [6.07, 6.45) is 1.73. The van der Waals surface area contributed by atoms with Gasteiger partial charge >= 0.3 is 0 Å². The summed E-state index contributed by atoms with van der Waals surface area (Å²) >= 11 is 0. The molecule has 0 unspecified atom stereocenters. The minimum absolute atomic E-state index is 0.0277. The van der Waals surface area contributed by atoms with E-state index in [9.17, 15) is 9.90 Å². The first kappa shape index (κ1) is 15.6. The molecule has 2 aromatic carbocycles. The number of likely N-dealkylation sites (tertiary alicyclic amines) is 1. The SMILES string of the molecule is O=C(c1cccc(Oc2ccccc2)c1)N1CCC(CO)CC1. The highest BCUT2D eigenvalue weighted by Crippen LogP contribution is 2.24. The molecule has 3 rings (SSSR count). The molecule has 0 aliphatic carbocycles. The Balaban J connectivity index is 1.68. The van der Waals surface area contributed by atoms with E-state index < -0.39 is 0 Å². The first-order valence-electron chi connectivity index (χ1n) is 7.99. The van der Waals surface area contributed by atoms with Crippen molar-refractivity contribution in [2.45, 2.75) is 12.8 Å². The standard InChI is InChI=1S/C19H21NO3/c21-14-15-9-11-20(12-10-15)19(22)16-5-4-8-18(13-16)23-17-6-2-1-3-7-17/h1-8,13,15,21H,9-12,14H2. The molecule has 0 aromatic heterocycles. The van der Waals surface area contributed by atoms with E-state index in [1.54, 1.807) is 6.07 Å². The number of rotatable bonds is 4. The summed E-state index contributed by atoms with van der Waals surface area (Å²) in [5.41, 5.74) is 0.640. The molecule has 1 saturated heterocycles. The maximum absolute atomic E-state index is 12.6. The number of hydrogen-bond donors (Lipinski definition) is 1. The lowest BCUT2D eigenvalue weighted by molar-refractivity contribution is 0.0650. The molecule has 1 aliphatic heterocycles. The van der Waals surface area contributed by atoms with Crippen molar-refractivity contribution in [3.63, 3.8) is 0 Å². The van der Waals surface area contributed by atoms with E-state index in [2.05, 4.69) is 0 Å². The van der Waals surface area contributed by atoms with Crippen molar-refractivity contribution >= 4 is 5.91 Å². The third kappa shape index (κ3) is 3.90. The number of hydrogen-bond acceptors (Lipinski definition) is 3. The van der Waals surface area contributed by atoms with Gasteiger partial charge in [-0.25, -0.2) is 0 Å². The Hall–Kier alpha value is -2.33. The van der Waals surface area contributed by atoms with Gasteiger partial charge in [0.15, 0.2) is 0 Å². The number of amides is 1. The Morgan fingerprint density at radius 1 is 1.04 bits per heavy atom. The fourth-order valence-corrected chi connectivity index (χ4v) is 2.82. The van der Waals surface area contributed by atoms with Crippen molar-refractivity contribution in [2.24, 2.45) is 5.92 Å². The van der Waals surface area contributed by atoms with Crippen molar-refractivity contribution in [1.29, 1.82) is 0 Å². The number of para-hydroxylation sites is 1. The minimum atomic E-state index is 0.0277. The average molecular weight is 311 g/mol. The molecule has 1 fully saturated rings. The molecule has 2 aromatic rings. The molecule has 4 heteroatoms. The van der Waals surface area contributed by atoms with Crippen LogP contribution in [0, 0.1) is 5.92 Å². The molecule has 0 radical (unpaired) electrons. The van der Waals surface area contributed by atoms with Crippen LogP contribution in [-0.2, 0) is 0 Å². The third-order valence-corrected chi connectivity index (χ3v) is 4.22. The Kier molecular flexibility index (Phi) is 4.93. The van der Waals surface area contributed by atoms with Gasteiger partial charge in [-0.3, -0.25) is 4.79 Å². The number of benzene rings is 2. The lowest BCUT2D eigenvalue weighted by Crippen LogP contribution is -2.39. The number of nitrogens with zero attached hydrogens (tertiary/aromatic N) is 1. The highest BCUT2D eigenvalue weighted by Gasteiger charge is 2.23. The first-order chi connectivity index (χ1) is 11.3. The van der Waals surface area contributed by atoms with Crippen LogP contribution in [0.3, 0.4) is 0 Å². The lowest BCUT2D eigenvalue weighted by atomic mass is 9.97. The summed E-state index contributed by atoms with van der Waals surface area (Å²) in [7, 11) is 0. The van der Waals surface area contributed by atoms with Crippen LogP contribution in [0.5, 0.6) is 11.5 Å². The van der Waals surface area contributed by atoms with Crippen LogP contribution in [0.15, 0.2) is 54.6 Å². The predicted octanol–water partition coefficient (Wildman–Crippen LogP) is 3.32. The molecule has 0 spiro atoms. The zero-order chi connectivity index (χ0) is 16.1. The number of aliphatic hydroxyl groups is 1. The number of carbonyl (C=O) groups is 1. The average Bonchev–Trinajstić information content (AvgIpc) is 2.62. The number of aliphatic hydroxyl groups excluding tert-OH is 1. The summed E-state index contributed by atoms with van der Waals surface area (Å²) in [5, 5.41) is 9.19. The second-order valence-corrected chi connectivity index (χ2v) is 5.86. The van der Waals surface area contributed by atoms with Crippen molar-refractivity contribution < 1.29 is 14.6 Å². The van der Waals surface area contributed by atoms with E-state index in [-0.39, 0.29) is 12.5 Å². The second kappa shape index (κ2) is 7.29. The van der Waals surface area contributed by atoms with E-state index in [1.165, 1.54) is 0 Å². The Morgan fingerprint density at radius 2 is 1.74 bits per heavy atom. The summed E-state index contributed by atoms with van der Waals surface area (Å²) in [5.74, 6) is 1.76. The van der Waals surface area contributed by atoms with E-state index >= 15 is 0 Å². The Labute approximate surface area is 136 Å². The summed E-state index contributed by atoms with van der Waals surface area (Å²) in [6, 6.07) is 16.8. The van der Waals surface area contributed by atoms with Crippen LogP contribution in [0.1, 0.15) is 23.2 Å². The summed E-state index contributed by atoms with van der Waals surface area (Å²) in [4.78, 5) is 14.5. The van der Waals surface area contributed by atoms with E-state index in [4.69, 9.17) is 4.74 Å². The fourth-order valence-electron chi connectivity index (χ4n) is 2.82. The highest BCUT2D eigenvalue weighted by atomic mass is 16.5. The zero-order valence-corrected chi connectivity index (χ0v) is 13.0. The minimum Gasteiger partial charge on any atom is -0.457 e. The van der Waals surface area contributed by atoms with Gasteiger partial charge in [-0.2, -0.15) is 0 Å². The van der Waals surface area contributed by atoms with Gasteiger partial charge in [0.1, 0.15) is 11.5 Å². The van der Waals surface area contributed by atoms with Gasteiger partial charge in [-0.1, -0.05) is 24.3 Å². The second-order valence-electron chi connectivity index (χ2n) is 5.86. The molecular weight excluding hydrogens is 290 g/mol. The lowest BCUT2D eigenvalue weighted by Gasteiger charge is -2.31. The quantitative estimate of drug-likeness (QED) is 0.942. The first-order valence-corrected chi connectivity index (χ1v) is 7.99. The normalized spacial score (nSPS) is 15.4. The smallest absolute Gasteiger partial charge is 0.253 e. The van der Waals surface area contributed by atoms with E-state index in [0.29, 0.717) is 30.3 Å². The van der Waals surface area contributed by atoms with E-state index in [1.807, 2.05) is 53.4 Å². The van der Waals surface area contributed by atoms with Crippen molar-refractivity contribution in [1.82, 2.24) is 4.90 Å². The molecular formula is C19H21NO3. The van der Waals surface area contributed by atoms with Gasteiger partial charge in [0.05, 0.1) is 0 Å². The van der Waals surface area contributed by atoms with Gasteiger partial charge in [0.2, 0.25) is 0 Å². The summed E-state index contributed by atoms with van der Waals surface area (Å²) < 4.78 is 5.79. The van der Waals surface area contributed by atoms with Crippen molar-refractivity contribution in [3.8, 4) is 11.5 Å². The fraction of sp³-hybridized carbons (Fsp3) is 0.316. The van der Waals surface area contributed by atoms with Crippen LogP contribution in [0.4, 0.5) is 0 Å². The van der Waals surface area contributed by atoms with Crippen LogP contribution < -0.4 is 4.74 Å². The number of carbonyl (C=O) groups excluding carboxylic acids is 1. The maximum Gasteiger partial charge on any atom is 0.253 e. The van der Waals surface area contributed by atoms with E-state index in [0.717, 1.165) is 18.6 Å². The predicted molar refractivity (Wildman–Crippen MR) is 88.7 cm³/mol. The maximum atomic E-state index is 12.6. The number of ether oxygens (including phenoxy) is 1. The van der Waals surface area contributed by atoms with Gasteiger partial charge in [0, 0.05) is 25.3 Å². The molecule has 1 heterocycles. The largest absolute Gasteiger partial charge is 0.457 e. The molecule has 120 valence electrons. The van der Waals surface area contributed by atoms with Gasteiger partial charge in [0.25, 0.3) is 5.91 Å². The molecule has 1 amide bonds. The topological polar surface area (TPSA) is 49.8 Å². The summed E-state index contributed by atoms with van der Waals surface area (Å²) in [6.45, 7) is 1.62. The van der Waals surface area contributed by atoms with Gasteiger partial charge in [-0.15, -0.1) is 0 Å². The zero-order valence-electron chi connectivity index (χ0n) is 13.0. The molecule has 4 nitrogen and oxygen atoms in total. The molecule has 1 aliphatic rings. The molecule has 23 heavy (non-hydrogen) atoms. The molecule has 0 bridgehead atoms. The van der Waals surface area contributed by atoms with Crippen LogP contribution in [0.2, 0.25) is 0 Å². The van der Waals surface area contributed by atoms with Crippen LogP contribution >= 0.6 is 0 Å². The Morgan fingerprint density at radius 3 is 2.43 bits per heavy atom. The number of piperidine rings is 1. The van der Waals surface area contributed by atoms with Crippen LogP contribution in [0.25, 0.3) is 0 Å². The van der Waals surface area contributed by atoms with Gasteiger partial charge < -0.3 is 14.7 Å². The molecule has 0 saturated carbocycles. The Bertz CT molecular complexity index is 649. The monoisotopic (exact) mass is 311 g/mol. The van der Waals surface area contributed by atoms with Crippen molar-refractivity contribution in [3.05, 3.63) is 60.2 Å². The molecule has 1 N–H and O–H groups in total. The molecule has 0 atom stereocenters. The van der Waals surface area contributed by atoms with Crippen molar-refractivity contribution in [2.75, 3.05) is 19.7 Å². The van der Waals surface area contributed by atoms with Gasteiger partial charge in [-0.05, 0) is 49.1 Å². The highest BCUT2D eigenvalue weighted by molar-refractivity contribution is 5.94. The van der Waals surface area contributed by atoms with Crippen LogP contribution in [-0.4, -0.2) is 35.6 Å².